The van der Waals surface area contributed by atoms with Crippen LogP contribution >= 0.6 is 0 Å². The highest BCUT2D eigenvalue weighted by Gasteiger charge is 2.21. The molecular formula is C21H17FN4O. The van der Waals surface area contributed by atoms with Gasteiger partial charge in [0.1, 0.15) is 17.3 Å². The number of ether oxygens (including phenoxy) is 1. The zero-order valence-electron chi connectivity index (χ0n) is 14.5. The second-order valence-electron chi connectivity index (χ2n) is 6.71. The zero-order chi connectivity index (χ0) is 18.2. The summed E-state index contributed by atoms with van der Waals surface area (Å²) < 4.78 is 20.4. The Morgan fingerprint density at radius 1 is 1.07 bits per heavy atom. The monoisotopic (exact) mass is 360 g/mol. The fourth-order valence-corrected chi connectivity index (χ4v) is 3.27. The number of aromatic nitrogens is 4. The van der Waals surface area contributed by atoms with Crippen LogP contribution in [0.3, 0.4) is 0 Å². The number of halogens is 1. The minimum Gasteiger partial charge on any atom is -0.490 e. The summed E-state index contributed by atoms with van der Waals surface area (Å²) in [6.07, 6.45) is 8.81. The molecule has 1 aliphatic carbocycles. The molecule has 0 spiro atoms. The van der Waals surface area contributed by atoms with Gasteiger partial charge in [-0.05, 0) is 43.5 Å². The molecule has 5 rings (SSSR count). The van der Waals surface area contributed by atoms with E-state index in [1.807, 2.05) is 12.1 Å². The molecular weight excluding hydrogens is 343 g/mol. The lowest BCUT2D eigenvalue weighted by Crippen LogP contribution is -2.24. The summed E-state index contributed by atoms with van der Waals surface area (Å²) in [4.78, 5) is 8.77. The fourth-order valence-electron chi connectivity index (χ4n) is 3.27. The first kappa shape index (κ1) is 15.9. The Bertz CT molecular complexity index is 1120. The predicted octanol–water partition coefficient (Wildman–Crippen LogP) is 4.76. The lowest BCUT2D eigenvalue weighted by atomic mass is 9.96. The second-order valence-corrected chi connectivity index (χ2v) is 6.71. The third-order valence-corrected chi connectivity index (χ3v) is 4.98. The largest absolute Gasteiger partial charge is 0.490 e. The average molecular weight is 360 g/mol. The molecule has 0 aliphatic heterocycles. The number of fused-ring (bicyclic) bond motifs is 1. The van der Waals surface area contributed by atoms with Gasteiger partial charge in [-0.15, -0.1) is 0 Å². The van der Waals surface area contributed by atoms with Crippen LogP contribution in [0.1, 0.15) is 19.3 Å². The van der Waals surface area contributed by atoms with Crippen molar-refractivity contribution in [3.8, 4) is 28.3 Å². The van der Waals surface area contributed by atoms with Crippen molar-refractivity contribution < 1.29 is 9.13 Å². The van der Waals surface area contributed by atoms with Crippen LogP contribution in [0.5, 0.6) is 5.75 Å². The Kier molecular flexibility index (Phi) is 3.81. The molecule has 1 aromatic carbocycles. The molecule has 1 aliphatic rings. The SMILES string of the molecule is Fc1ccccc1-c1n[nH]c2cnc(-c3cnccc3OC3CCC3)cc12. The van der Waals surface area contributed by atoms with Gasteiger partial charge in [0.2, 0.25) is 0 Å². The maximum Gasteiger partial charge on any atom is 0.132 e. The van der Waals surface area contributed by atoms with Crippen LogP contribution in [0.4, 0.5) is 4.39 Å². The molecule has 0 bridgehead atoms. The number of nitrogens with one attached hydrogen (secondary N) is 1. The van der Waals surface area contributed by atoms with Crippen molar-refractivity contribution in [2.24, 2.45) is 0 Å². The van der Waals surface area contributed by atoms with Gasteiger partial charge in [-0.3, -0.25) is 15.1 Å². The summed E-state index contributed by atoms with van der Waals surface area (Å²) >= 11 is 0. The van der Waals surface area contributed by atoms with Gasteiger partial charge in [0.25, 0.3) is 0 Å². The van der Waals surface area contributed by atoms with Crippen molar-refractivity contribution in [1.82, 2.24) is 20.2 Å². The van der Waals surface area contributed by atoms with Gasteiger partial charge < -0.3 is 4.74 Å². The van der Waals surface area contributed by atoms with E-state index in [9.17, 15) is 4.39 Å². The second kappa shape index (κ2) is 6.46. The van der Waals surface area contributed by atoms with E-state index in [0.29, 0.717) is 11.3 Å². The third-order valence-electron chi connectivity index (χ3n) is 4.98. The molecule has 3 heterocycles. The van der Waals surface area contributed by atoms with Gasteiger partial charge in [0.15, 0.2) is 0 Å². The number of benzene rings is 1. The molecule has 5 nitrogen and oxygen atoms in total. The zero-order valence-corrected chi connectivity index (χ0v) is 14.5. The molecule has 0 radical (unpaired) electrons. The molecule has 1 saturated carbocycles. The average Bonchev–Trinajstić information content (AvgIpc) is 3.08. The standard InChI is InChI=1S/C21H17FN4O/c22-17-7-2-1-6-14(17)21-15-10-18(24-12-19(15)25-26-21)16-11-23-9-8-20(16)27-13-4-3-5-13/h1-2,6-13H,3-5H2,(H,25,26). The number of hydrogen-bond acceptors (Lipinski definition) is 4. The van der Waals surface area contributed by atoms with Crippen LogP contribution in [0, 0.1) is 5.82 Å². The van der Waals surface area contributed by atoms with Gasteiger partial charge in [-0.25, -0.2) is 4.39 Å². The van der Waals surface area contributed by atoms with Gasteiger partial charge in [-0.1, -0.05) is 12.1 Å². The van der Waals surface area contributed by atoms with E-state index in [4.69, 9.17) is 4.74 Å². The predicted molar refractivity (Wildman–Crippen MR) is 101 cm³/mol. The van der Waals surface area contributed by atoms with E-state index in [2.05, 4.69) is 20.2 Å². The van der Waals surface area contributed by atoms with E-state index >= 15 is 0 Å². The maximum absolute atomic E-state index is 14.3. The first-order valence-corrected chi connectivity index (χ1v) is 8.99. The summed E-state index contributed by atoms with van der Waals surface area (Å²) in [5.41, 5.74) is 3.33. The Labute approximate surface area is 155 Å². The molecule has 134 valence electrons. The molecule has 0 atom stereocenters. The van der Waals surface area contributed by atoms with Crippen molar-refractivity contribution in [2.75, 3.05) is 0 Å². The maximum atomic E-state index is 14.3. The number of aromatic amines is 1. The minimum atomic E-state index is -0.306. The first-order valence-electron chi connectivity index (χ1n) is 8.99. The molecule has 3 aromatic heterocycles. The molecule has 4 aromatic rings. The van der Waals surface area contributed by atoms with Crippen LogP contribution in [0.2, 0.25) is 0 Å². The van der Waals surface area contributed by atoms with Crippen molar-refractivity contribution in [2.45, 2.75) is 25.4 Å². The molecule has 1 N–H and O–H groups in total. The topological polar surface area (TPSA) is 63.7 Å². The Morgan fingerprint density at radius 2 is 1.96 bits per heavy atom. The lowest BCUT2D eigenvalue weighted by Gasteiger charge is -2.27. The Hall–Kier alpha value is -3.28. The number of rotatable bonds is 4. The van der Waals surface area contributed by atoms with Crippen LogP contribution in [-0.4, -0.2) is 26.3 Å². The van der Waals surface area contributed by atoms with Gasteiger partial charge in [0, 0.05) is 23.3 Å². The number of nitrogens with zero attached hydrogens (tertiary/aromatic N) is 3. The highest BCUT2D eigenvalue weighted by atomic mass is 19.1. The van der Waals surface area contributed by atoms with E-state index in [-0.39, 0.29) is 11.9 Å². The smallest absolute Gasteiger partial charge is 0.132 e. The minimum absolute atomic E-state index is 0.262. The van der Waals surface area contributed by atoms with E-state index in [1.165, 1.54) is 12.5 Å². The summed E-state index contributed by atoms with van der Waals surface area (Å²) in [6.45, 7) is 0. The Balaban J connectivity index is 1.61. The van der Waals surface area contributed by atoms with Crippen LogP contribution in [0.15, 0.2) is 55.0 Å². The van der Waals surface area contributed by atoms with Crippen LogP contribution in [0.25, 0.3) is 33.4 Å². The number of hydrogen-bond donors (Lipinski definition) is 1. The van der Waals surface area contributed by atoms with Crippen LogP contribution in [-0.2, 0) is 0 Å². The quantitative estimate of drug-likeness (QED) is 0.570. The first-order chi connectivity index (χ1) is 13.3. The number of pyridine rings is 2. The highest BCUT2D eigenvalue weighted by molar-refractivity contribution is 5.94. The number of H-pyrrole nitrogens is 1. The van der Waals surface area contributed by atoms with Crippen LogP contribution < -0.4 is 4.74 Å². The summed E-state index contributed by atoms with van der Waals surface area (Å²) in [7, 11) is 0. The third kappa shape index (κ3) is 2.83. The van der Waals surface area contributed by atoms with Gasteiger partial charge in [-0.2, -0.15) is 5.10 Å². The molecule has 6 heteroatoms. The molecule has 0 saturated heterocycles. The van der Waals surface area contributed by atoms with Gasteiger partial charge in [0.05, 0.1) is 29.1 Å². The van der Waals surface area contributed by atoms with E-state index in [1.54, 1.807) is 36.8 Å². The van der Waals surface area contributed by atoms with Crippen molar-refractivity contribution in [1.29, 1.82) is 0 Å². The molecule has 0 unspecified atom stereocenters. The molecule has 1 fully saturated rings. The van der Waals surface area contributed by atoms with Gasteiger partial charge >= 0.3 is 0 Å². The summed E-state index contributed by atoms with van der Waals surface area (Å²) in [6, 6.07) is 10.4. The molecule has 0 amide bonds. The van der Waals surface area contributed by atoms with Crippen molar-refractivity contribution >= 4 is 10.9 Å². The summed E-state index contributed by atoms with van der Waals surface area (Å²) in [5.74, 6) is 0.470. The summed E-state index contributed by atoms with van der Waals surface area (Å²) in [5, 5.41) is 8.04. The lowest BCUT2D eigenvalue weighted by molar-refractivity contribution is 0.121. The fraction of sp³-hybridized carbons (Fsp3) is 0.190. The van der Waals surface area contributed by atoms with Crippen molar-refractivity contribution in [3.05, 3.63) is 60.8 Å². The van der Waals surface area contributed by atoms with E-state index < -0.39 is 0 Å². The highest BCUT2D eigenvalue weighted by Crippen LogP contribution is 2.35. The normalized spacial score (nSPS) is 14.3. The Morgan fingerprint density at radius 3 is 2.78 bits per heavy atom. The molecule has 27 heavy (non-hydrogen) atoms. The van der Waals surface area contributed by atoms with Crippen molar-refractivity contribution in [3.63, 3.8) is 0 Å². The van der Waals surface area contributed by atoms with E-state index in [0.717, 1.165) is 40.8 Å².